The highest BCUT2D eigenvalue weighted by atomic mass is 14.6. The van der Waals surface area contributed by atoms with Crippen LogP contribution in [0.25, 0.3) is 11.1 Å². The van der Waals surface area contributed by atoms with Crippen molar-refractivity contribution in [2.24, 2.45) is 40.9 Å². The third kappa shape index (κ3) is 6.23. The van der Waals surface area contributed by atoms with Crippen LogP contribution in [0.4, 0.5) is 0 Å². The molecule has 2 aromatic carbocycles. The van der Waals surface area contributed by atoms with E-state index in [1.54, 1.807) is 22.3 Å². The minimum absolute atomic E-state index is 0.293. The minimum atomic E-state index is 0.293. The number of hydrogen-bond acceptors (Lipinski definition) is 0. The Bertz CT molecular complexity index is 1350. The Morgan fingerprint density at radius 3 is 1.06 bits per heavy atom. The van der Waals surface area contributed by atoms with Gasteiger partial charge in [0, 0.05) is 11.8 Å². The smallest absolute Gasteiger partial charge is 0.00954 e. The molecular weight excluding hydrogens is 601 g/mol. The Balaban J connectivity index is 1.16. The number of allylic oxidation sites excluding steroid dienone is 4. The van der Waals surface area contributed by atoms with Crippen molar-refractivity contribution < 1.29 is 0 Å². The van der Waals surface area contributed by atoms with Crippen molar-refractivity contribution in [2.75, 3.05) is 0 Å². The van der Waals surface area contributed by atoms with Gasteiger partial charge in [0.05, 0.1) is 0 Å². The van der Waals surface area contributed by atoms with E-state index < -0.39 is 0 Å². The largest absolute Gasteiger partial charge is 0.0723 e. The molecule has 0 heteroatoms. The van der Waals surface area contributed by atoms with E-state index in [0.29, 0.717) is 17.3 Å². The van der Waals surface area contributed by atoms with E-state index in [-0.39, 0.29) is 0 Å². The molecule has 7 aliphatic carbocycles. The second-order valence-corrected chi connectivity index (χ2v) is 18.8. The van der Waals surface area contributed by atoms with Gasteiger partial charge in [-0.2, -0.15) is 0 Å². The van der Waals surface area contributed by atoms with Gasteiger partial charge in [0.2, 0.25) is 0 Å². The van der Waals surface area contributed by atoms with Crippen LogP contribution in [0.2, 0.25) is 0 Å². The summed E-state index contributed by atoms with van der Waals surface area (Å²) >= 11 is 0. The maximum Gasteiger partial charge on any atom is 0.00954 e. The molecule has 9 rings (SSSR count). The summed E-state index contributed by atoms with van der Waals surface area (Å²) in [5.74, 6) is 6.28. The van der Waals surface area contributed by atoms with E-state index in [4.69, 9.17) is 0 Å². The van der Waals surface area contributed by atoms with Gasteiger partial charge in [-0.1, -0.05) is 157 Å². The molecule has 268 valence electrons. The maximum atomic E-state index is 3.00. The van der Waals surface area contributed by atoms with Gasteiger partial charge in [0.15, 0.2) is 0 Å². The van der Waals surface area contributed by atoms with Gasteiger partial charge in [0.1, 0.15) is 0 Å². The fourth-order valence-electron chi connectivity index (χ4n) is 14.1. The van der Waals surface area contributed by atoms with Gasteiger partial charge in [-0.05, 0) is 139 Å². The fourth-order valence-corrected chi connectivity index (χ4v) is 14.1. The van der Waals surface area contributed by atoms with E-state index >= 15 is 0 Å². The summed E-state index contributed by atoms with van der Waals surface area (Å²) in [7, 11) is 0. The molecule has 7 aliphatic rings. The molecule has 2 aromatic rings. The van der Waals surface area contributed by atoms with Gasteiger partial charge < -0.3 is 0 Å². The third-order valence-electron chi connectivity index (χ3n) is 16.3. The van der Waals surface area contributed by atoms with Gasteiger partial charge in [-0.15, -0.1) is 0 Å². The molecule has 0 nitrogen and oxygen atoms in total. The molecule has 5 saturated carbocycles. The maximum absolute atomic E-state index is 3.00. The van der Waals surface area contributed by atoms with Crippen LogP contribution >= 0.6 is 0 Å². The zero-order valence-corrected chi connectivity index (χ0v) is 31.6. The molecule has 0 spiro atoms. The zero-order valence-electron chi connectivity index (χ0n) is 31.6. The predicted molar refractivity (Wildman–Crippen MR) is 213 cm³/mol. The molecule has 2 atom stereocenters. The Kier molecular flexibility index (Phi) is 10.2. The number of benzene rings is 2. The lowest BCUT2D eigenvalue weighted by atomic mass is 9.57. The molecule has 0 aliphatic heterocycles. The second-order valence-electron chi connectivity index (χ2n) is 18.8. The summed E-state index contributed by atoms with van der Waals surface area (Å²) in [6, 6.07) is 20.0. The summed E-state index contributed by atoms with van der Waals surface area (Å²) in [6.07, 6.45) is 42.4. The molecule has 0 saturated heterocycles. The lowest BCUT2D eigenvalue weighted by Crippen LogP contribution is -2.35. The Labute approximate surface area is 306 Å². The first-order valence-corrected chi connectivity index (χ1v) is 22.4. The van der Waals surface area contributed by atoms with Crippen molar-refractivity contribution in [3.63, 3.8) is 0 Å². The summed E-state index contributed by atoms with van der Waals surface area (Å²) in [5.41, 5.74) is 10.7. The van der Waals surface area contributed by atoms with Crippen LogP contribution in [0.3, 0.4) is 0 Å². The standard InChI is InChI=1S/C50H68/c1-6-20-36(21-7-1)48(37-22-8-2-9-23-37)44-34-46(42-30-16-14-28-40(42)44)50(32-18-5-19-33-50)47-35-45(41-29-15-17-31-43(41)47)49(38-24-10-3-11-25-38)39-26-12-4-13-27-39/h14-17,28-31,34-39,46-49H,1-13,18-27,32-33H2. The Morgan fingerprint density at radius 2 is 0.700 bits per heavy atom. The van der Waals surface area contributed by atoms with E-state index in [1.165, 1.54) is 161 Å². The summed E-state index contributed by atoms with van der Waals surface area (Å²) in [4.78, 5) is 0. The average molecular weight is 669 g/mol. The summed E-state index contributed by atoms with van der Waals surface area (Å²) in [5, 5.41) is 0. The van der Waals surface area contributed by atoms with Crippen LogP contribution < -0.4 is 0 Å². The van der Waals surface area contributed by atoms with Gasteiger partial charge in [0.25, 0.3) is 0 Å². The highest BCUT2D eigenvalue weighted by Gasteiger charge is 2.52. The molecule has 0 radical (unpaired) electrons. The van der Waals surface area contributed by atoms with E-state index in [9.17, 15) is 0 Å². The normalized spacial score (nSPS) is 28.4. The van der Waals surface area contributed by atoms with Crippen molar-refractivity contribution in [3.8, 4) is 0 Å². The first-order valence-electron chi connectivity index (χ1n) is 22.4. The first-order chi connectivity index (χ1) is 24.8. The van der Waals surface area contributed by atoms with Crippen molar-refractivity contribution in [1.82, 2.24) is 0 Å². The molecule has 2 unspecified atom stereocenters. The zero-order chi connectivity index (χ0) is 33.3. The summed E-state index contributed by atoms with van der Waals surface area (Å²) in [6.45, 7) is 0. The lowest BCUT2D eigenvalue weighted by Gasteiger charge is -2.47. The third-order valence-corrected chi connectivity index (χ3v) is 16.3. The number of fused-ring (bicyclic) bond motifs is 2. The quantitative estimate of drug-likeness (QED) is 0.263. The van der Waals surface area contributed by atoms with Crippen LogP contribution in [0.15, 0.2) is 60.7 Å². The highest BCUT2D eigenvalue weighted by molar-refractivity contribution is 5.80. The molecule has 50 heavy (non-hydrogen) atoms. The van der Waals surface area contributed by atoms with Crippen LogP contribution in [0.5, 0.6) is 0 Å². The SMILES string of the molecule is C1=C(C(C2CCCCC2)C2CCCCC2)c2ccccc2C1C1(C2C=C(C(C3CCCCC3)C3CCCCC3)c3ccccc32)CCCCC1. The molecular formula is C50H68. The monoisotopic (exact) mass is 669 g/mol. The highest BCUT2D eigenvalue weighted by Crippen LogP contribution is 2.65. The summed E-state index contributed by atoms with van der Waals surface area (Å²) < 4.78 is 0. The first kappa shape index (κ1) is 33.7. The van der Waals surface area contributed by atoms with E-state index in [1.807, 2.05) is 11.1 Å². The molecule has 5 fully saturated rings. The van der Waals surface area contributed by atoms with Crippen LogP contribution in [0, 0.1) is 40.9 Å². The molecule has 0 N–H and O–H groups in total. The van der Waals surface area contributed by atoms with Crippen molar-refractivity contribution in [3.05, 3.63) is 82.9 Å². The minimum Gasteiger partial charge on any atom is -0.0723 e. The second kappa shape index (κ2) is 15.1. The molecule has 0 bridgehead atoms. The van der Waals surface area contributed by atoms with E-state index in [0.717, 1.165) is 35.5 Å². The molecule has 0 heterocycles. The number of rotatable bonds is 8. The van der Waals surface area contributed by atoms with Gasteiger partial charge in [-0.25, -0.2) is 0 Å². The van der Waals surface area contributed by atoms with Crippen LogP contribution in [-0.2, 0) is 0 Å². The lowest BCUT2D eigenvalue weighted by molar-refractivity contribution is 0.143. The molecule has 0 aromatic heterocycles. The predicted octanol–water partition coefficient (Wildman–Crippen LogP) is 14.9. The fraction of sp³-hybridized carbons (Fsp3) is 0.680. The van der Waals surface area contributed by atoms with Crippen molar-refractivity contribution in [2.45, 2.75) is 172 Å². The topological polar surface area (TPSA) is 0 Å². The van der Waals surface area contributed by atoms with Gasteiger partial charge >= 0.3 is 0 Å². The Morgan fingerprint density at radius 1 is 0.380 bits per heavy atom. The number of hydrogen-bond donors (Lipinski definition) is 0. The van der Waals surface area contributed by atoms with Crippen LogP contribution in [-0.4, -0.2) is 0 Å². The van der Waals surface area contributed by atoms with Crippen molar-refractivity contribution >= 4 is 11.1 Å². The van der Waals surface area contributed by atoms with Gasteiger partial charge in [-0.3, -0.25) is 0 Å². The van der Waals surface area contributed by atoms with Crippen molar-refractivity contribution in [1.29, 1.82) is 0 Å². The average Bonchev–Trinajstić information content (AvgIpc) is 3.77. The Hall–Kier alpha value is -2.08. The van der Waals surface area contributed by atoms with Crippen LogP contribution in [0.1, 0.15) is 195 Å². The molecule has 0 amide bonds. The van der Waals surface area contributed by atoms with E-state index in [2.05, 4.69) is 60.7 Å².